The predicted octanol–water partition coefficient (Wildman–Crippen LogP) is 8.40. The van der Waals surface area contributed by atoms with E-state index in [1.165, 1.54) is 12.1 Å². The van der Waals surface area contributed by atoms with Gasteiger partial charge in [0, 0.05) is 36.4 Å². The summed E-state index contributed by atoms with van der Waals surface area (Å²) in [5, 5.41) is 15.9. The number of carbonyl (C=O) groups excluding carboxylic acids is 1. The molecule has 1 aliphatic heterocycles. The standard InChI is InChI=1S/C37H53N5O6SSi/c1-7-8-9-10-24-39-35(43)40-29-17-20-32(21-18-29)49(46,47)41-30-15-13-27(14-16-30)25-31-19-22-33(42(31)36(44)45)34(28-12-11-23-38-26-28)48-50(5,6)37(2,3)4/h11-18,20-21,23,26,31,33-34,41H,7-10,19,22,24-25H2,1-6H3,(H,44,45)(H2,39,40,43)/t31-,33+,34?/m0/s1. The van der Waals surface area contributed by atoms with Crippen LogP contribution in [0.2, 0.25) is 18.1 Å². The summed E-state index contributed by atoms with van der Waals surface area (Å²) in [5.74, 6) is 0. The topological polar surface area (TPSA) is 150 Å². The van der Waals surface area contributed by atoms with Gasteiger partial charge in [0.25, 0.3) is 10.0 Å². The van der Waals surface area contributed by atoms with Gasteiger partial charge in [0.15, 0.2) is 8.32 Å². The van der Waals surface area contributed by atoms with E-state index >= 15 is 0 Å². The second-order valence-corrected chi connectivity index (χ2v) is 21.0. The molecule has 50 heavy (non-hydrogen) atoms. The van der Waals surface area contributed by atoms with Gasteiger partial charge in [0.1, 0.15) is 0 Å². The number of hydrogen-bond donors (Lipinski definition) is 4. The number of carboxylic acid groups (broad SMARTS) is 1. The molecule has 2 heterocycles. The molecule has 0 aliphatic carbocycles. The first kappa shape index (κ1) is 38.9. The lowest BCUT2D eigenvalue weighted by Gasteiger charge is -2.42. The summed E-state index contributed by atoms with van der Waals surface area (Å²) in [4.78, 5) is 30.8. The van der Waals surface area contributed by atoms with Crippen molar-refractivity contribution in [2.24, 2.45) is 0 Å². The zero-order valence-corrected chi connectivity index (χ0v) is 31.9. The molecule has 0 bridgehead atoms. The Morgan fingerprint density at radius 2 is 1.68 bits per heavy atom. The Hall–Kier alpha value is -3.94. The minimum atomic E-state index is -3.89. The van der Waals surface area contributed by atoms with Crippen LogP contribution in [0.25, 0.3) is 0 Å². The highest BCUT2D eigenvalue weighted by atomic mass is 32.2. The van der Waals surface area contributed by atoms with E-state index in [2.05, 4.69) is 61.1 Å². The minimum absolute atomic E-state index is 0.0595. The number of amides is 3. The Bertz CT molecular complexity index is 1670. The van der Waals surface area contributed by atoms with Crippen LogP contribution in [0.3, 0.4) is 0 Å². The van der Waals surface area contributed by atoms with E-state index in [1.54, 1.807) is 41.6 Å². The van der Waals surface area contributed by atoms with E-state index in [-0.39, 0.29) is 28.0 Å². The number of benzene rings is 2. The van der Waals surface area contributed by atoms with Crippen molar-refractivity contribution in [1.82, 2.24) is 15.2 Å². The lowest BCUT2D eigenvalue weighted by molar-refractivity contribution is 0.0597. The molecule has 1 saturated heterocycles. The molecule has 13 heteroatoms. The summed E-state index contributed by atoms with van der Waals surface area (Å²) < 4.78 is 35.8. The van der Waals surface area contributed by atoms with Gasteiger partial charge in [-0.05, 0) is 97.4 Å². The van der Waals surface area contributed by atoms with Gasteiger partial charge >= 0.3 is 12.1 Å². The van der Waals surface area contributed by atoms with Crippen molar-refractivity contribution >= 4 is 41.8 Å². The minimum Gasteiger partial charge on any atom is -0.465 e. The van der Waals surface area contributed by atoms with Gasteiger partial charge in [-0.2, -0.15) is 0 Å². The number of pyridine rings is 1. The molecule has 0 saturated carbocycles. The molecule has 3 aromatic rings. The summed E-state index contributed by atoms with van der Waals surface area (Å²) in [5.41, 5.74) is 2.64. The summed E-state index contributed by atoms with van der Waals surface area (Å²) in [7, 11) is -6.16. The van der Waals surface area contributed by atoms with E-state index < -0.39 is 30.5 Å². The van der Waals surface area contributed by atoms with Crippen LogP contribution in [0.1, 0.15) is 83.5 Å². The van der Waals surface area contributed by atoms with E-state index in [4.69, 9.17) is 4.43 Å². The lowest BCUT2D eigenvalue weighted by atomic mass is 10.0. The SMILES string of the molecule is CCCCCCNC(=O)Nc1ccc(S(=O)(=O)Nc2ccc(C[C@@H]3CC[C@H](C(O[Si](C)(C)C(C)(C)C)c4cccnc4)N3C(=O)O)cc2)cc1. The molecule has 1 aromatic heterocycles. The molecule has 4 rings (SSSR count). The first-order chi connectivity index (χ1) is 23.6. The number of likely N-dealkylation sites (tertiary alicyclic amines) is 1. The fourth-order valence-electron chi connectivity index (χ4n) is 5.96. The van der Waals surface area contributed by atoms with Crippen LogP contribution >= 0.6 is 0 Å². The number of anilines is 2. The molecule has 3 amide bonds. The van der Waals surface area contributed by atoms with Crippen LogP contribution in [0.4, 0.5) is 21.0 Å². The van der Waals surface area contributed by atoms with Crippen molar-refractivity contribution < 1.29 is 27.5 Å². The molecule has 1 fully saturated rings. The smallest absolute Gasteiger partial charge is 0.407 e. The van der Waals surface area contributed by atoms with Crippen LogP contribution in [0.15, 0.2) is 78.0 Å². The molecule has 1 aliphatic rings. The number of sulfonamides is 1. The maximum absolute atomic E-state index is 13.1. The van der Waals surface area contributed by atoms with Gasteiger partial charge in [-0.25, -0.2) is 18.0 Å². The van der Waals surface area contributed by atoms with Crippen LogP contribution in [0.5, 0.6) is 0 Å². The first-order valence-corrected chi connectivity index (χ1v) is 21.9. The third kappa shape index (κ3) is 10.3. The monoisotopic (exact) mass is 723 g/mol. The van der Waals surface area contributed by atoms with Crippen molar-refractivity contribution in [3.8, 4) is 0 Å². The number of unbranched alkanes of at least 4 members (excludes halogenated alkanes) is 3. The quantitative estimate of drug-likeness (QED) is 0.0909. The predicted molar refractivity (Wildman–Crippen MR) is 200 cm³/mol. The van der Waals surface area contributed by atoms with E-state index in [0.717, 1.165) is 36.8 Å². The average molecular weight is 724 g/mol. The average Bonchev–Trinajstić information content (AvgIpc) is 3.48. The summed E-state index contributed by atoms with van der Waals surface area (Å²) in [6.45, 7) is 13.6. The highest BCUT2D eigenvalue weighted by molar-refractivity contribution is 7.92. The highest BCUT2D eigenvalue weighted by Crippen LogP contribution is 2.44. The largest absolute Gasteiger partial charge is 0.465 e. The van der Waals surface area contributed by atoms with E-state index in [9.17, 15) is 23.1 Å². The molecular weight excluding hydrogens is 671 g/mol. The number of urea groups is 1. The highest BCUT2D eigenvalue weighted by Gasteiger charge is 2.47. The van der Waals surface area contributed by atoms with Crippen molar-refractivity contribution in [2.45, 2.75) is 114 Å². The molecule has 4 N–H and O–H groups in total. The number of nitrogens with zero attached hydrogens (tertiary/aromatic N) is 2. The summed E-state index contributed by atoms with van der Waals surface area (Å²) in [6, 6.07) is 15.8. The Labute approximate surface area is 298 Å². The Balaban J connectivity index is 1.40. The summed E-state index contributed by atoms with van der Waals surface area (Å²) >= 11 is 0. The van der Waals surface area contributed by atoms with Gasteiger partial charge in [-0.15, -0.1) is 0 Å². The first-order valence-electron chi connectivity index (χ1n) is 17.5. The Morgan fingerprint density at radius 1 is 1.00 bits per heavy atom. The Morgan fingerprint density at radius 3 is 2.28 bits per heavy atom. The van der Waals surface area contributed by atoms with Crippen LogP contribution < -0.4 is 15.4 Å². The molecule has 1 unspecified atom stereocenters. The lowest BCUT2D eigenvalue weighted by Crippen LogP contribution is -2.49. The maximum Gasteiger partial charge on any atom is 0.407 e. The third-order valence-electron chi connectivity index (χ3n) is 9.77. The Kier molecular flexibility index (Phi) is 13.1. The number of hydrogen-bond acceptors (Lipinski definition) is 6. The molecule has 0 spiro atoms. The fraction of sp³-hybridized carbons (Fsp3) is 0.486. The zero-order chi connectivity index (χ0) is 36.5. The second-order valence-electron chi connectivity index (χ2n) is 14.5. The van der Waals surface area contributed by atoms with E-state index in [0.29, 0.717) is 37.2 Å². The van der Waals surface area contributed by atoms with Crippen LogP contribution in [-0.4, -0.2) is 62.5 Å². The normalized spacial score (nSPS) is 17.3. The maximum atomic E-state index is 13.1. The molecule has 272 valence electrons. The van der Waals surface area contributed by atoms with Crippen LogP contribution in [-0.2, 0) is 20.9 Å². The van der Waals surface area contributed by atoms with Crippen molar-refractivity contribution in [3.63, 3.8) is 0 Å². The molecule has 2 aromatic carbocycles. The molecule has 11 nitrogen and oxygen atoms in total. The second kappa shape index (κ2) is 16.8. The van der Waals surface area contributed by atoms with Crippen molar-refractivity contribution in [2.75, 3.05) is 16.6 Å². The van der Waals surface area contributed by atoms with Crippen molar-refractivity contribution in [1.29, 1.82) is 0 Å². The van der Waals surface area contributed by atoms with Crippen LogP contribution in [0, 0.1) is 0 Å². The van der Waals surface area contributed by atoms with Gasteiger partial charge in [0.2, 0.25) is 0 Å². The number of nitrogens with one attached hydrogen (secondary N) is 3. The molecular formula is C37H53N5O6SSi. The summed E-state index contributed by atoms with van der Waals surface area (Å²) in [6.07, 6.45) is 8.08. The molecule has 0 radical (unpaired) electrons. The fourth-order valence-corrected chi connectivity index (χ4v) is 8.30. The van der Waals surface area contributed by atoms with Gasteiger partial charge in [0.05, 0.1) is 17.0 Å². The van der Waals surface area contributed by atoms with E-state index in [1.807, 2.05) is 24.3 Å². The third-order valence-corrected chi connectivity index (χ3v) is 15.6. The number of rotatable bonds is 15. The molecule has 3 atom stereocenters. The number of aromatic nitrogens is 1. The van der Waals surface area contributed by atoms with Crippen molar-refractivity contribution in [3.05, 3.63) is 84.2 Å². The van der Waals surface area contributed by atoms with Gasteiger partial charge in [-0.1, -0.05) is 65.2 Å². The van der Waals surface area contributed by atoms with Gasteiger partial charge in [-0.3, -0.25) is 14.6 Å². The zero-order valence-electron chi connectivity index (χ0n) is 30.1. The number of carbonyl (C=O) groups is 2. The van der Waals surface area contributed by atoms with Gasteiger partial charge < -0.3 is 20.2 Å².